The van der Waals surface area contributed by atoms with Gasteiger partial charge in [-0.15, -0.1) is 0 Å². The second-order valence-electron chi connectivity index (χ2n) is 4.58. The summed E-state index contributed by atoms with van der Waals surface area (Å²) in [6, 6.07) is 14.5. The number of nitrogen functional groups attached to an aromatic ring is 1. The van der Waals surface area contributed by atoms with E-state index in [1.165, 1.54) is 0 Å². The molecule has 2 aromatic carbocycles. The van der Waals surface area contributed by atoms with Crippen molar-refractivity contribution in [3.8, 4) is 5.75 Å². The number of rotatable bonds is 6. The fourth-order valence-corrected chi connectivity index (χ4v) is 1.89. The van der Waals surface area contributed by atoms with Gasteiger partial charge in [0.05, 0.1) is 0 Å². The van der Waals surface area contributed by atoms with Crippen molar-refractivity contribution in [3.05, 3.63) is 59.1 Å². The average molecular weight is 305 g/mol. The number of halogens is 1. The first kappa shape index (κ1) is 15.2. The van der Waals surface area contributed by atoms with Gasteiger partial charge in [-0.25, -0.2) is 0 Å². The zero-order valence-corrected chi connectivity index (χ0v) is 12.3. The fraction of sp³-hybridized carbons (Fsp3) is 0.188. The summed E-state index contributed by atoms with van der Waals surface area (Å²) >= 11 is 5.77. The van der Waals surface area contributed by atoms with Crippen LogP contribution in [0.1, 0.15) is 5.56 Å². The molecule has 0 spiro atoms. The second-order valence-corrected chi connectivity index (χ2v) is 5.02. The van der Waals surface area contributed by atoms with Crippen LogP contribution in [0.3, 0.4) is 0 Å². The van der Waals surface area contributed by atoms with Crippen LogP contribution in [0.25, 0.3) is 0 Å². The minimum absolute atomic E-state index is 0.0105. The number of anilines is 1. The first-order chi connectivity index (χ1) is 10.1. The maximum atomic E-state index is 11.6. The lowest BCUT2D eigenvalue weighted by Crippen LogP contribution is -2.30. The molecule has 2 rings (SSSR count). The van der Waals surface area contributed by atoms with Gasteiger partial charge in [0, 0.05) is 17.3 Å². The molecule has 1 amide bonds. The van der Waals surface area contributed by atoms with E-state index in [1.807, 2.05) is 24.3 Å². The quantitative estimate of drug-likeness (QED) is 0.806. The number of benzene rings is 2. The Morgan fingerprint density at radius 2 is 1.76 bits per heavy atom. The SMILES string of the molecule is Nc1ccc(CCNC(=O)COc2ccc(Cl)cc2)cc1. The summed E-state index contributed by atoms with van der Waals surface area (Å²) in [5.41, 5.74) is 7.48. The Labute approximate surface area is 128 Å². The van der Waals surface area contributed by atoms with Crippen molar-refractivity contribution in [1.29, 1.82) is 0 Å². The second kappa shape index (κ2) is 7.55. The van der Waals surface area contributed by atoms with Crippen LogP contribution in [0.5, 0.6) is 5.75 Å². The van der Waals surface area contributed by atoms with Crippen molar-refractivity contribution in [2.45, 2.75) is 6.42 Å². The van der Waals surface area contributed by atoms with Crippen LogP contribution in [-0.4, -0.2) is 19.1 Å². The van der Waals surface area contributed by atoms with Gasteiger partial charge in [0.2, 0.25) is 0 Å². The van der Waals surface area contributed by atoms with Crippen molar-refractivity contribution >= 4 is 23.2 Å². The Morgan fingerprint density at radius 1 is 1.10 bits per heavy atom. The summed E-state index contributed by atoms with van der Waals surface area (Å²) in [6.07, 6.45) is 0.757. The molecule has 0 aliphatic carbocycles. The van der Waals surface area contributed by atoms with Crippen LogP contribution in [0.15, 0.2) is 48.5 Å². The number of nitrogens with two attached hydrogens (primary N) is 1. The van der Waals surface area contributed by atoms with Gasteiger partial charge in [0.1, 0.15) is 5.75 Å². The molecule has 0 radical (unpaired) electrons. The van der Waals surface area contributed by atoms with Crippen LogP contribution >= 0.6 is 11.6 Å². The Morgan fingerprint density at radius 3 is 2.43 bits per heavy atom. The Kier molecular flexibility index (Phi) is 5.46. The summed E-state index contributed by atoms with van der Waals surface area (Å²) in [5.74, 6) is 0.466. The predicted octanol–water partition coefficient (Wildman–Crippen LogP) is 2.66. The molecule has 0 aliphatic heterocycles. The van der Waals surface area contributed by atoms with Crippen LogP contribution in [0.2, 0.25) is 5.02 Å². The minimum atomic E-state index is -0.152. The van der Waals surface area contributed by atoms with E-state index >= 15 is 0 Å². The van der Waals surface area contributed by atoms with Gasteiger partial charge >= 0.3 is 0 Å². The number of ether oxygens (including phenoxy) is 1. The Balaban J connectivity index is 1.67. The van der Waals surface area contributed by atoms with Gasteiger partial charge in [-0.3, -0.25) is 4.79 Å². The Hall–Kier alpha value is -2.20. The van der Waals surface area contributed by atoms with E-state index in [-0.39, 0.29) is 12.5 Å². The first-order valence-corrected chi connectivity index (χ1v) is 7.01. The molecule has 0 saturated carbocycles. The molecule has 21 heavy (non-hydrogen) atoms. The van der Waals surface area contributed by atoms with E-state index in [0.29, 0.717) is 17.3 Å². The molecular formula is C16H17ClN2O2. The molecule has 0 atom stereocenters. The molecule has 3 N–H and O–H groups in total. The van der Waals surface area contributed by atoms with Crippen LogP contribution in [-0.2, 0) is 11.2 Å². The predicted molar refractivity (Wildman–Crippen MR) is 84.5 cm³/mol. The van der Waals surface area contributed by atoms with Gasteiger partial charge in [0.25, 0.3) is 5.91 Å². The molecule has 0 bridgehead atoms. The highest BCUT2D eigenvalue weighted by Crippen LogP contribution is 2.15. The minimum Gasteiger partial charge on any atom is -0.484 e. The van der Waals surface area contributed by atoms with E-state index in [2.05, 4.69) is 5.32 Å². The van der Waals surface area contributed by atoms with Crippen molar-refractivity contribution in [2.75, 3.05) is 18.9 Å². The molecule has 2 aromatic rings. The molecule has 0 aliphatic rings. The van der Waals surface area contributed by atoms with E-state index < -0.39 is 0 Å². The third-order valence-electron chi connectivity index (χ3n) is 2.90. The van der Waals surface area contributed by atoms with Gasteiger partial charge in [-0.05, 0) is 48.4 Å². The van der Waals surface area contributed by atoms with Crippen LogP contribution in [0, 0.1) is 0 Å². The number of hydrogen-bond donors (Lipinski definition) is 2. The smallest absolute Gasteiger partial charge is 0.257 e. The molecule has 5 heteroatoms. The number of nitrogens with one attached hydrogen (secondary N) is 1. The van der Waals surface area contributed by atoms with Crippen molar-refractivity contribution in [2.24, 2.45) is 0 Å². The van der Waals surface area contributed by atoms with Crippen LogP contribution in [0.4, 0.5) is 5.69 Å². The maximum Gasteiger partial charge on any atom is 0.257 e. The third kappa shape index (κ3) is 5.36. The van der Waals surface area contributed by atoms with Crippen molar-refractivity contribution in [1.82, 2.24) is 5.32 Å². The topological polar surface area (TPSA) is 64.3 Å². The fourth-order valence-electron chi connectivity index (χ4n) is 1.76. The highest BCUT2D eigenvalue weighted by molar-refractivity contribution is 6.30. The largest absolute Gasteiger partial charge is 0.484 e. The molecule has 0 fully saturated rings. The van der Waals surface area contributed by atoms with Crippen molar-refractivity contribution in [3.63, 3.8) is 0 Å². The molecule has 4 nitrogen and oxygen atoms in total. The van der Waals surface area contributed by atoms with E-state index in [0.717, 1.165) is 17.7 Å². The third-order valence-corrected chi connectivity index (χ3v) is 3.15. The summed E-state index contributed by atoms with van der Waals surface area (Å²) in [5, 5.41) is 3.44. The summed E-state index contributed by atoms with van der Waals surface area (Å²) < 4.78 is 5.35. The molecule has 0 heterocycles. The molecule has 0 saturated heterocycles. The highest BCUT2D eigenvalue weighted by Gasteiger charge is 2.02. The first-order valence-electron chi connectivity index (χ1n) is 6.63. The normalized spacial score (nSPS) is 10.1. The lowest BCUT2D eigenvalue weighted by Gasteiger charge is -2.08. The maximum absolute atomic E-state index is 11.6. The summed E-state index contributed by atoms with van der Waals surface area (Å²) in [7, 11) is 0. The molecular weight excluding hydrogens is 288 g/mol. The van der Waals surface area contributed by atoms with Gasteiger partial charge < -0.3 is 15.8 Å². The molecule has 110 valence electrons. The standard InChI is InChI=1S/C16H17ClN2O2/c17-13-3-7-15(8-4-13)21-11-16(20)19-10-9-12-1-5-14(18)6-2-12/h1-8H,9-11,18H2,(H,19,20). The van der Waals surface area contributed by atoms with Gasteiger partial charge in [-0.2, -0.15) is 0 Å². The lowest BCUT2D eigenvalue weighted by molar-refractivity contribution is -0.123. The van der Waals surface area contributed by atoms with Crippen LogP contribution < -0.4 is 15.8 Å². The zero-order chi connectivity index (χ0) is 15.1. The monoisotopic (exact) mass is 304 g/mol. The Bertz CT molecular complexity index is 582. The van der Waals surface area contributed by atoms with E-state index in [1.54, 1.807) is 24.3 Å². The van der Waals surface area contributed by atoms with Crippen molar-refractivity contribution < 1.29 is 9.53 Å². The summed E-state index contributed by atoms with van der Waals surface area (Å²) in [6.45, 7) is 0.552. The number of amides is 1. The van der Waals surface area contributed by atoms with E-state index in [4.69, 9.17) is 22.1 Å². The number of carbonyl (C=O) groups excluding carboxylic acids is 1. The lowest BCUT2D eigenvalue weighted by atomic mass is 10.1. The van der Waals surface area contributed by atoms with E-state index in [9.17, 15) is 4.79 Å². The summed E-state index contributed by atoms with van der Waals surface area (Å²) in [4.78, 5) is 11.6. The molecule has 0 unspecified atom stereocenters. The van der Waals surface area contributed by atoms with Gasteiger partial charge in [-0.1, -0.05) is 23.7 Å². The zero-order valence-electron chi connectivity index (χ0n) is 11.5. The number of hydrogen-bond acceptors (Lipinski definition) is 3. The molecule has 0 aromatic heterocycles. The average Bonchev–Trinajstić information content (AvgIpc) is 2.49. The number of carbonyl (C=O) groups is 1. The highest BCUT2D eigenvalue weighted by atomic mass is 35.5. The van der Waals surface area contributed by atoms with Gasteiger partial charge in [0.15, 0.2) is 6.61 Å².